The lowest BCUT2D eigenvalue weighted by atomic mass is 10.1. The number of thioether (sulfide) groups is 1. The molecule has 0 spiro atoms. The maximum Gasteiger partial charge on any atom is 0.267 e. The van der Waals surface area contributed by atoms with Crippen molar-refractivity contribution in [1.29, 1.82) is 0 Å². The van der Waals surface area contributed by atoms with E-state index in [2.05, 4.69) is 5.32 Å². The first kappa shape index (κ1) is 12.4. The third kappa shape index (κ3) is 2.97. The highest BCUT2D eigenvalue weighted by Gasteiger charge is 2.18. The minimum atomic E-state index is -0.0135. The average Bonchev–Trinajstić information content (AvgIpc) is 2.94. The van der Waals surface area contributed by atoms with Gasteiger partial charge in [-0.2, -0.15) is 11.8 Å². The number of hydrogen-bond donors (Lipinski definition) is 2. The number of carbonyl (C=O) groups is 1. The third-order valence-corrected chi connectivity index (χ3v) is 4.30. The first-order valence-electron chi connectivity index (χ1n) is 6.02. The molecule has 0 aliphatic carbocycles. The van der Waals surface area contributed by atoms with E-state index in [1.165, 1.54) is 12.2 Å². The Balaban J connectivity index is 1.93. The number of nitrogens with zero attached hydrogens (tertiary/aromatic N) is 1. The summed E-state index contributed by atoms with van der Waals surface area (Å²) in [5, 5.41) is 3.00. The van der Waals surface area contributed by atoms with Crippen LogP contribution in [0.3, 0.4) is 0 Å². The molecule has 2 rings (SSSR count). The summed E-state index contributed by atoms with van der Waals surface area (Å²) in [5.41, 5.74) is 7.02. The van der Waals surface area contributed by atoms with Crippen molar-refractivity contribution in [3.8, 4) is 0 Å². The smallest absolute Gasteiger partial charge is 0.267 e. The predicted octanol–water partition coefficient (Wildman–Crippen LogP) is 1.57. The normalized spacial score (nSPS) is 19.5. The summed E-state index contributed by atoms with van der Waals surface area (Å²) in [6, 6.07) is 1.74. The molecule has 4 nitrogen and oxygen atoms in total. The van der Waals surface area contributed by atoms with Gasteiger partial charge in [-0.25, -0.2) is 0 Å². The van der Waals surface area contributed by atoms with Crippen LogP contribution in [0.2, 0.25) is 0 Å². The maximum absolute atomic E-state index is 12.0. The highest BCUT2D eigenvalue weighted by Crippen LogP contribution is 2.22. The summed E-state index contributed by atoms with van der Waals surface area (Å²) in [7, 11) is 0. The van der Waals surface area contributed by atoms with E-state index in [4.69, 9.17) is 5.73 Å². The first-order chi connectivity index (χ1) is 8.20. The second kappa shape index (κ2) is 5.49. The second-order valence-corrected chi connectivity index (χ2v) is 5.53. The second-order valence-electron chi connectivity index (χ2n) is 4.38. The van der Waals surface area contributed by atoms with E-state index in [-0.39, 0.29) is 5.91 Å². The number of hydrogen-bond acceptors (Lipinski definition) is 3. The first-order valence-corrected chi connectivity index (χ1v) is 7.17. The Morgan fingerprint density at radius 3 is 3.18 bits per heavy atom. The molecule has 1 fully saturated rings. The van der Waals surface area contributed by atoms with Crippen molar-refractivity contribution in [1.82, 2.24) is 9.88 Å². The predicted molar refractivity (Wildman–Crippen MR) is 72.3 cm³/mol. The number of anilines is 1. The molecule has 1 aromatic heterocycles. The van der Waals surface area contributed by atoms with Crippen LogP contribution in [-0.4, -0.2) is 28.5 Å². The fourth-order valence-electron chi connectivity index (χ4n) is 2.06. The van der Waals surface area contributed by atoms with Crippen LogP contribution in [0.4, 0.5) is 5.69 Å². The molecule has 1 aliphatic heterocycles. The van der Waals surface area contributed by atoms with E-state index in [0.29, 0.717) is 17.3 Å². The summed E-state index contributed by atoms with van der Waals surface area (Å²) >= 11 is 1.96. The summed E-state index contributed by atoms with van der Waals surface area (Å²) in [4.78, 5) is 12.0. The van der Waals surface area contributed by atoms with Crippen molar-refractivity contribution in [3.63, 3.8) is 0 Å². The van der Waals surface area contributed by atoms with Crippen LogP contribution in [0.25, 0.3) is 0 Å². The van der Waals surface area contributed by atoms with Crippen molar-refractivity contribution in [3.05, 3.63) is 18.0 Å². The number of nitrogens with one attached hydrogen (secondary N) is 1. The lowest BCUT2D eigenvalue weighted by Gasteiger charge is -2.11. The highest BCUT2D eigenvalue weighted by molar-refractivity contribution is 7.99. The fourth-order valence-corrected chi connectivity index (χ4v) is 3.34. The zero-order valence-electron chi connectivity index (χ0n) is 10.1. The Bertz CT molecular complexity index is 396. The van der Waals surface area contributed by atoms with E-state index < -0.39 is 0 Å². The number of nitrogen functional groups attached to an aromatic ring is 1. The maximum atomic E-state index is 12.0. The van der Waals surface area contributed by atoms with Crippen molar-refractivity contribution >= 4 is 23.4 Å². The summed E-state index contributed by atoms with van der Waals surface area (Å²) in [6.45, 7) is 3.55. The molecule has 17 heavy (non-hydrogen) atoms. The van der Waals surface area contributed by atoms with Gasteiger partial charge in [0.15, 0.2) is 0 Å². The highest BCUT2D eigenvalue weighted by atomic mass is 32.2. The van der Waals surface area contributed by atoms with Crippen LogP contribution in [0, 0.1) is 5.92 Å². The van der Waals surface area contributed by atoms with Crippen molar-refractivity contribution in [2.75, 3.05) is 23.8 Å². The van der Waals surface area contributed by atoms with Crippen LogP contribution < -0.4 is 11.1 Å². The number of carbonyl (C=O) groups excluding carboxylic acids is 1. The van der Waals surface area contributed by atoms with E-state index in [9.17, 15) is 4.79 Å². The van der Waals surface area contributed by atoms with Gasteiger partial charge in [0.1, 0.15) is 5.69 Å². The van der Waals surface area contributed by atoms with Crippen LogP contribution in [0.5, 0.6) is 0 Å². The molecule has 0 bridgehead atoms. The molecule has 1 aromatic rings. The monoisotopic (exact) mass is 253 g/mol. The molecule has 1 aliphatic rings. The average molecular weight is 253 g/mol. The molecule has 94 valence electrons. The van der Waals surface area contributed by atoms with Crippen molar-refractivity contribution in [2.45, 2.75) is 19.9 Å². The molecule has 5 heteroatoms. The molecule has 1 atom stereocenters. The Kier molecular flexibility index (Phi) is 3.99. The topological polar surface area (TPSA) is 60.0 Å². The largest absolute Gasteiger partial charge is 0.397 e. The summed E-state index contributed by atoms with van der Waals surface area (Å²) in [5.74, 6) is 3.00. The molecule has 1 unspecified atom stereocenters. The van der Waals surface area contributed by atoms with Crippen molar-refractivity contribution in [2.24, 2.45) is 5.92 Å². The SMILES string of the molecule is CCn1cc(N)cc1C(=O)NCC1CCSC1. The minimum absolute atomic E-state index is 0.0135. The summed E-state index contributed by atoms with van der Waals surface area (Å²) in [6.07, 6.45) is 3.02. The van der Waals surface area contributed by atoms with Gasteiger partial charge >= 0.3 is 0 Å². The van der Waals surface area contributed by atoms with Gasteiger partial charge in [0.05, 0.1) is 5.69 Å². The zero-order valence-corrected chi connectivity index (χ0v) is 10.9. The van der Waals surface area contributed by atoms with Gasteiger partial charge in [-0.1, -0.05) is 0 Å². The Labute approximate surface area is 106 Å². The van der Waals surface area contributed by atoms with Gasteiger partial charge in [-0.05, 0) is 36.8 Å². The quantitative estimate of drug-likeness (QED) is 0.856. The molecule has 0 aromatic carbocycles. The van der Waals surface area contributed by atoms with E-state index in [1.807, 2.05) is 23.3 Å². The third-order valence-electron chi connectivity index (χ3n) is 3.07. The standard InChI is InChI=1S/C12H19N3OS/c1-2-15-7-10(13)5-11(15)12(16)14-6-9-3-4-17-8-9/h5,7,9H,2-4,6,8,13H2,1H3,(H,14,16). The fraction of sp³-hybridized carbons (Fsp3) is 0.583. The molecule has 1 saturated heterocycles. The van der Waals surface area contributed by atoms with Gasteiger partial charge in [-0.15, -0.1) is 0 Å². The number of aromatic nitrogens is 1. The van der Waals surface area contributed by atoms with Crippen LogP contribution in [0.15, 0.2) is 12.3 Å². The van der Waals surface area contributed by atoms with Gasteiger partial charge in [0.2, 0.25) is 0 Å². The van der Waals surface area contributed by atoms with Gasteiger partial charge < -0.3 is 15.6 Å². The molecular weight excluding hydrogens is 234 g/mol. The van der Waals surface area contributed by atoms with E-state index in [1.54, 1.807) is 12.3 Å². The molecule has 3 N–H and O–H groups in total. The number of nitrogens with two attached hydrogens (primary N) is 1. The van der Waals surface area contributed by atoms with Gasteiger partial charge in [0.25, 0.3) is 5.91 Å². The molecule has 2 heterocycles. The Morgan fingerprint density at radius 1 is 1.71 bits per heavy atom. The molecular formula is C12H19N3OS. The Morgan fingerprint density at radius 2 is 2.53 bits per heavy atom. The number of amides is 1. The Hall–Kier alpha value is -1.10. The minimum Gasteiger partial charge on any atom is -0.397 e. The van der Waals surface area contributed by atoms with Crippen LogP contribution in [-0.2, 0) is 6.54 Å². The van der Waals surface area contributed by atoms with Crippen LogP contribution in [0.1, 0.15) is 23.8 Å². The molecule has 0 saturated carbocycles. The van der Waals surface area contributed by atoms with Crippen LogP contribution >= 0.6 is 11.8 Å². The zero-order chi connectivity index (χ0) is 12.3. The van der Waals surface area contributed by atoms with E-state index >= 15 is 0 Å². The van der Waals surface area contributed by atoms with Gasteiger partial charge in [0, 0.05) is 19.3 Å². The van der Waals surface area contributed by atoms with Crippen molar-refractivity contribution < 1.29 is 4.79 Å². The van der Waals surface area contributed by atoms with Gasteiger partial charge in [-0.3, -0.25) is 4.79 Å². The molecule has 0 radical (unpaired) electrons. The summed E-state index contributed by atoms with van der Waals surface area (Å²) < 4.78 is 1.88. The number of aryl methyl sites for hydroxylation is 1. The molecule has 1 amide bonds. The van der Waals surface area contributed by atoms with E-state index in [0.717, 1.165) is 18.8 Å². The lowest BCUT2D eigenvalue weighted by molar-refractivity contribution is 0.0939. The lowest BCUT2D eigenvalue weighted by Crippen LogP contribution is -2.30. The number of rotatable bonds is 4.